The summed E-state index contributed by atoms with van der Waals surface area (Å²) < 4.78 is 5.41. The van der Waals surface area contributed by atoms with Gasteiger partial charge in [0.2, 0.25) is 0 Å². The van der Waals surface area contributed by atoms with Crippen LogP contribution in [0.4, 0.5) is 0 Å². The molecule has 0 saturated carbocycles. The van der Waals surface area contributed by atoms with Crippen LogP contribution in [0.5, 0.6) is 5.75 Å². The molecule has 5 nitrogen and oxygen atoms in total. The van der Waals surface area contributed by atoms with E-state index in [0.717, 1.165) is 11.1 Å². The fourth-order valence-corrected chi connectivity index (χ4v) is 1.63. The topological polar surface area (TPSA) is 75.6 Å². The van der Waals surface area contributed by atoms with Crippen molar-refractivity contribution in [1.82, 2.24) is 5.32 Å². The van der Waals surface area contributed by atoms with Crippen molar-refractivity contribution in [3.05, 3.63) is 42.0 Å². The highest BCUT2D eigenvalue weighted by atomic mass is 16.5. The molecule has 2 N–H and O–H groups in total. The number of ether oxygens (including phenoxy) is 1. The summed E-state index contributed by atoms with van der Waals surface area (Å²) in [6, 6.07) is 4.72. The lowest BCUT2D eigenvalue weighted by Crippen LogP contribution is -2.42. The third kappa shape index (κ3) is 4.76. The van der Waals surface area contributed by atoms with Crippen molar-refractivity contribution in [3.8, 4) is 5.75 Å². The maximum atomic E-state index is 11.7. The van der Waals surface area contributed by atoms with E-state index in [1.807, 2.05) is 32.0 Å². The van der Waals surface area contributed by atoms with E-state index in [4.69, 9.17) is 9.84 Å². The zero-order valence-electron chi connectivity index (χ0n) is 11.7. The molecule has 0 fully saturated rings. The smallest absolute Gasteiger partial charge is 0.326 e. The molecular formula is C15H19NO4. The summed E-state index contributed by atoms with van der Waals surface area (Å²) in [5.74, 6) is -0.944. The summed E-state index contributed by atoms with van der Waals surface area (Å²) in [6.07, 6.45) is 1.62. The summed E-state index contributed by atoms with van der Waals surface area (Å²) in [6.45, 7) is 7.05. The van der Waals surface area contributed by atoms with E-state index in [0.29, 0.717) is 5.75 Å². The van der Waals surface area contributed by atoms with Crippen LogP contribution in [0.25, 0.3) is 0 Å². The Balaban J connectivity index is 2.56. The van der Waals surface area contributed by atoms with Crippen LogP contribution in [0.1, 0.15) is 17.5 Å². The number of aryl methyl sites for hydroxylation is 2. The number of benzene rings is 1. The van der Waals surface area contributed by atoms with E-state index in [2.05, 4.69) is 11.9 Å². The van der Waals surface area contributed by atoms with Crippen molar-refractivity contribution in [1.29, 1.82) is 0 Å². The lowest BCUT2D eigenvalue weighted by Gasteiger charge is -2.14. The molecule has 0 spiro atoms. The Hall–Kier alpha value is -2.30. The van der Waals surface area contributed by atoms with E-state index in [1.54, 1.807) is 0 Å². The number of hydrogen-bond donors (Lipinski definition) is 2. The molecular weight excluding hydrogens is 258 g/mol. The van der Waals surface area contributed by atoms with Crippen LogP contribution in [0.2, 0.25) is 0 Å². The van der Waals surface area contributed by atoms with Gasteiger partial charge in [-0.3, -0.25) is 4.79 Å². The molecule has 0 aliphatic heterocycles. The van der Waals surface area contributed by atoms with Crippen LogP contribution in [0, 0.1) is 13.8 Å². The highest BCUT2D eigenvalue weighted by Gasteiger charge is 2.18. The number of carbonyl (C=O) groups excluding carboxylic acids is 1. The van der Waals surface area contributed by atoms with Gasteiger partial charge in [0.15, 0.2) is 6.61 Å². The highest BCUT2D eigenvalue weighted by Crippen LogP contribution is 2.18. The Labute approximate surface area is 118 Å². The first-order valence-corrected chi connectivity index (χ1v) is 6.27. The largest absolute Gasteiger partial charge is 0.483 e. The maximum absolute atomic E-state index is 11.7. The Bertz CT molecular complexity index is 511. The molecule has 5 heteroatoms. The zero-order chi connectivity index (χ0) is 15.1. The third-order valence-electron chi connectivity index (χ3n) is 2.74. The van der Waals surface area contributed by atoms with Gasteiger partial charge in [0, 0.05) is 0 Å². The van der Waals surface area contributed by atoms with Crippen molar-refractivity contribution in [2.45, 2.75) is 26.3 Å². The molecule has 0 saturated heterocycles. The molecule has 1 amide bonds. The number of nitrogens with one attached hydrogen (secondary N) is 1. The van der Waals surface area contributed by atoms with Gasteiger partial charge in [-0.15, -0.1) is 6.58 Å². The van der Waals surface area contributed by atoms with Gasteiger partial charge in [-0.05, 0) is 37.5 Å². The third-order valence-corrected chi connectivity index (χ3v) is 2.74. The predicted molar refractivity (Wildman–Crippen MR) is 75.8 cm³/mol. The van der Waals surface area contributed by atoms with Gasteiger partial charge in [-0.25, -0.2) is 4.79 Å². The molecule has 0 aromatic heterocycles. The average molecular weight is 277 g/mol. The number of amides is 1. The second-order valence-corrected chi connectivity index (χ2v) is 4.54. The van der Waals surface area contributed by atoms with Crippen LogP contribution >= 0.6 is 0 Å². The van der Waals surface area contributed by atoms with E-state index in [-0.39, 0.29) is 13.0 Å². The summed E-state index contributed by atoms with van der Waals surface area (Å²) in [5, 5.41) is 11.3. The summed E-state index contributed by atoms with van der Waals surface area (Å²) in [4.78, 5) is 22.6. The van der Waals surface area contributed by atoms with Crippen LogP contribution in [-0.2, 0) is 9.59 Å². The minimum atomic E-state index is -1.09. The first kappa shape index (κ1) is 15.8. The molecule has 1 atom stereocenters. The fraction of sp³-hybridized carbons (Fsp3) is 0.333. The SMILES string of the molecule is C=CCC(NC(=O)COc1cc(C)ccc1C)C(=O)O. The van der Waals surface area contributed by atoms with Crippen molar-refractivity contribution in [2.24, 2.45) is 0 Å². The molecule has 1 rings (SSSR count). The number of carboxylic acids is 1. The molecule has 1 unspecified atom stereocenters. The molecule has 0 heterocycles. The van der Waals surface area contributed by atoms with Crippen molar-refractivity contribution in [2.75, 3.05) is 6.61 Å². The average Bonchev–Trinajstić information content (AvgIpc) is 2.39. The molecule has 1 aromatic carbocycles. The monoisotopic (exact) mass is 277 g/mol. The van der Waals surface area contributed by atoms with Crippen LogP contribution < -0.4 is 10.1 Å². The van der Waals surface area contributed by atoms with Gasteiger partial charge >= 0.3 is 5.97 Å². The second-order valence-electron chi connectivity index (χ2n) is 4.54. The van der Waals surface area contributed by atoms with Crippen LogP contribution in [-0.4, -0.2) is 29.6 Å². The Morgan fingerprint density at radius 1 is 1.45 bits per heavy atom. The first-order chi connectivity index (χ1) is 9.43. The van der Waals surface area contributed by atoms with Gasteiger partial charge in [-0.2, -0.15) is 0 Å². The number of carbonyl (C=O) groups is 2. The predicted octanol–water partition coefficient (Wildman–Crippen LogP) is 1.83. The van der Waals surface area contributed by atoms with Gasteiger partial charge in [0.1, 0.15) is 11.8 Å². The summed E-state index contributed by atoms with van der Waals surface area (Å²) in [5.41, 5.74) is 1.95. The molecule has 0 aliphatic rings. The zero-order valence-corrected chi connectivity index (χ0v) is 11.7. The lowest BCUT2D eigenvalue weighted by atomic mass is 10.1. The molecule has 0 bridgehead atoms. The van der Waals surface area contributed by atoms with Crippen LogP contribution in [0.15, 0.2) is 30.9 Å². The highest BCUT2D eigenvalue weighted by molar-refractivity contribution is 5.84. The minimum Gasteiger partial charge on any atom is -0.483 e. The van der Waals surface area contributed by atoms with Gasteiger partial charge in [-0.1, -0.05) is 18.2 Å². The van der Waals surface area contributed by atoms with Gasteiger partial charge in [0.25, 0.3) is 5.91 Å². The summed E-state index contributed by atoms with van der Waals surface area (Å²) in [7, 11) is 0. The van der Waals surface area contributed by atoms with Crippen LogP contribution in [0.3, 0.4) is 0 Å². The number of aliphatic carboxylic acids is 1. The van der Waals surface area contributed by atoms with Gasteiger partial charge < -0.3 is 15.2 Å². The molecule has 0 radical (unpaired) electrons. The van der Waals surface area contributed by atoms with E-state index >= 15 is 0 Å². The number of rotatable bonds is 7. The Morgan fingerprint density at radius 2 is 2.15 bits per heavy atom. The summed E-state index contributed by atoms with van der Waals surface area (Å²) >= 11 is 0. The van der Waals surface area contributed by atoms with E-state index in [1.165, 1.54) is 6.08 Å². The molecule has 0 aliphatic carbocycles. The Morgan fingerprint density at radius 3 is 2.75 bits per heavy atom. The standard InChI is InChI=1S/C15H19NO4/c1-4-5-12(15(18)19)16-14(17)9-20-13-8-10(2)6-7-11(13)3/h4,6-8,12H,1,5,9H2,2-3H3,(H,16,17)(H,18,19). The van der Waals surface area contributed by atoms with Gasteiger partial charge in [0.05, 0.1) is 0 Å². The molecule has 20 heavy (non-hydrogen) atoms. The van der Waals surface area contributed by atoms with E-state index in [9.17, 15) is 9.59 Å². The van der Waals surface area contributed by atoms with Crippen molar-refractivity contribution in [3.63, 3.8) is 0 Å². The van der Waals surface area contributed by atoms with E-state index < -0.39 is 17.9 Å². The number of hydrogen-bond acceptors (Lipinski definition) is 3. The minimum absolute atomic E-state index is 0.171. The quantitative estimate of drug-likeness (QED) is 0.745. The maximum Gasteiger partial charge on any atom is 0.326 e. The first-order valence-electron chi connectivity index (χ1n) is 6.27. The Kier molecular flexibility index (Phi) is 5.77. The second kappa shape index (κ2) is 7.33. The number of carboxylic acid groups (broad SMARTS) is 1. The fourth-order valence-electron chi connectivity index (χ4n) is 1.63. The lowest BCUT2D eigenvalue weighted by molar-refractivity contribution is -0.142. The van der Waals surface area contributed by atoms with Crippen molar-refractivity contribution >= 4 is 11.9 Å². The molecule has 108 valence electrons. The van der Waals surface area contributed by atoms with Crippen molar-refractivity contribution < 1.29 is 19.4 Å². The molecule has 1 aromatic rings. The normalized spacial score (nSPS) is 11.5.